The van der Waals surface area contributed by atoms with Crippen LogP contribution in [0.2, 0.25) is 0 Å². The van der Waals surface area contributed by atoms with Crippen molar-refractivity contribution < 1.29 is 14.2 Å². The predicted molar refractivity (Wildman–Crippen MR) is 101 cm³/mol. The van der Waals surface area contributed by atoms with Crippen molar-refractivity contribution in [3.05, 3.63) is 17.7 Å². The third kappa shape index (κ3) is 3.57. The van der Waals surface area contributed by atoms with Crippen LogP contribution in [-0.4, -0.2) is 67.4 Å². The second-order valence-corrected chi connectivity index (χ2v) is 8.17. The Morgan fingerprint density at radius 2 is 2.20 bits per heavy atom. The molecule has 0 aromatic heterocycles. The maximum Gasteiger partial charge on any atom is 0.231 e. The van der Waals surface area contributed by atoms with E-state index in [0.717, 1.165) is 29.8 Å². The Labute approximate surface area is 154 Å². The molecule has 0 unspecified atom stereocenters. The molecule has 138 valence electrons. The van der Waals surface area contributed by atoms with Crippen LogP contribution in [-0.2, 0) is 6.54 Å². The van der Waals surface area contributed by atoms with E-state index >= 15 is 0 Å². The molecule has 25 heavy (non-hydrogen) atoms. The Kier molecular flexibility index (Phi) is 5.29. The number of rotatable bonds is 6. The van der Waals surface area contributed by atoms with E-state index < -0.39 is 0 Å². The topological polar surface area (TPSA) is 34.2 Å². The molecule has 2 atom stereocenters. The lowest BCUT2D eigenvalue weighted by Gasteiger charge is -2.44. The summed E-state index contributed by atoms with van der Waals surface area (Å²) in [6.45, 7) is 4.91. The minimum absolute atomic E-state index is 0.284. The maximum absolute atomic E-state index is 5.60. The van der Waals surface area contributed by atoms with Crippen molar-refractivity contribution in [3.8, 4) is 17.2 Å². The van der Waals surface area contributed by atoms with E-state index in [1.807, 2.05) is 11.8 Å². The molecule has 1 aromatic carbocycles. The monoisotopic (exact) mass is 364 g/mol. The van der Waals surface area contributed by atoms with Gasteiger partial charge in [0, 0.05) is 31.7 Å². The quantitative estimate of drug-likeness (QED) is 0.772. The number of thioether (sulfide) groups is 1. The molecule has 6 heteroatoms. The minimum Gasteiger partial charge on any atom is -0.493 e. The lowest BCUT2D eigenvalue weighted by atomic mass is 10.0. The van der Waals surface area contributed by atoms with E-state index in [1.165, 1.54) is 50.2 Å². The van der Waals surface area contributed by atoms with E-state index in [0.29, 0.717) is 6.04 Å². The third-order valence-corrected chi connectivity index (χ3v) is 6.31. The SMILES string of the molecule is COc1cc(CN2C[C@@H]3CCCN3C[C@H]2CCSC)cc2c1OCO2. The highest BCUT2D eigenvalue weighted by Gasteiger charge is 2.36. The molecule has 0 saturated carbocycles. The van der Waals surface area contributed by atoms with Gasteiger partial charge in [0.05, 0.1) is 7.11 Å². The Morgan fingerprint density at radius 1 is 1.28 bits per heavy atom. The molecule has 0 spiro atoms. The summed E-state index contributed by atoms with van der Waals surface area (Å²) in [6.07, 6.45) is 6.16. The molecule has 3 heterocycles. The first-order chi connectivity index (χ1) is 12.3. The van der Waals surface area contributed by atoms with Gasteiger partial charge in [0.25, 0.3) is 0 Å². The molecule has 5 nitrogen and oxygen atoms in total. The summed E-state index contributed by atoms with van der Waals surface area (Å²) in [4.78, 5) is 5.39. The Hall–Kier alpha value is -1.11. The number of hydrogen-bond acceptors (Lipinski definition) is 6. The van der Waals surface area contributed by atoms with Crippen LogP contribution >= 0.6 is 11.8 Å². The van der Waals surface area contributed by atoms with Gasteiger partial charge in [-0.25, -0.2) is 0 Å². The molecule has 3 aliphatic heterocycles. The summed E-state index contributed by atoms with van der Waals surface area (Å²) in [5, 5.41) is 0. The number of ether oxygens (including phenoxy) is 3. The first kappa shape index (κ1) is 17.3. The lowest BCUT2D eigenvalue weighted by Crippen LogP contribution is -2.55. The first-order valence-corrected chi connectivity index (χ1v) is 10.6. The van der Waals surface area contributed by atoms with Crippen LogP contribution in [0.3, 0.4) is 0 Å². The molecule has 0 bridgehead atoms. The smallest absolute Gasteiger partial charge is 0.231 e. The summed E-state index contributed by atoms with van der Waals surface area (Å²) >= 11 is 1.95. The summed E-state index contributed by atoms with van der Waals surface area (Å²) in [5.41, 5.74) is 1.25. The van der Waals surface area contributed by atoms with Gasteiger partial charge in [-0.2, -0.15) is 11.8 Å². The second-order valence-electron chi connectivity index (χ2n) is 7.19. The number of benzene rings is 1. The maximum atomic E-state index is 5.60. The van der Waals surface area contributed by atoms with Gasteiger partial charge in [-0.1, -0.05) is 0 Å². The van der Waals surface area contributed by atoms with Crippen molar-refractivity contribution in [2.45, 2.75) is 37.9 Å². The fourth-order valence-corrected chi connectivity index (χ4v) is 4.89. The predicted octanol–water partition coefficient (Wildman–Crippen LogP) is 2.83. The molecule has 1 aromatic rings. The Balaban J connectivity index is 1.52. The van der Waals surface area contributed by atoms with Gasteiger partial charge in [-0.15, -0.1) is 0 Å². The van der Waals surface area contributed by atoms with Crippen LogP contribution in [0.15, 0.2) is 12.1 Å². The van der Waals surface area contributed by atoms with Gasteiger partial charge in [0.15, 0.2) is 11.5 Å². The number of nitrogens with zero attached hydrogens (tertiary/aromatic N) is 2. The number of methoxy groups -OCH3 is 1. The van der Waals surface area contributed by atoms with Gasteiger partial charge >= 0.3 is 0 Å². The third-order valence-electron chi connectivity index (χ3n) is 5.67. The van der Waals surface area contributed by atoms with Gasteiger partial charge in [-0.3, -0.25) is 9.80 Å². The zero-order chi connectivity index (χ0) is 17.2. The zero-order valence-corrected chi connectivity index (χ0v) is 16.0. The van der Waals surface area contributed by atoms with Crippen LogP contribution in [0.25, 0.3) is 0 Å². The van der Waals surface area contributed by atoms with Crippen molar-refractivity contribution >= 4 is 11.8 Å². The van der Waals surface area contributed by atoms with Gasteiger partial charge in [-0.05, 0) is 55.5 Å². The summed E-state index contributed by atoms with van der Waals surface area (Å²) in [7, 11) is 1.69. The zero-order valence-electron chi connectivity index (χ0n) is 15.2. The van der Waals surface area contributed by atoms with Crippen LogP contribution in [0.5, 0.6) is 17.2 Å². The fraction of sp³-hybridized carbons (Fsp3) is 0.684. The molecular formula is C19H28N2O3S. The Bertz CT molecular complexity index is 613. The van der Waals surface area contributed by atoms with Crippen LogP contribution < -0.4 is 14.2 Å². The van der Waals surface area contributed by atoms with Gasteiger partial charge < -0.3 is 14.2 Å². The van der Waals surface area contributed by atoms with E-state index in [4.69, 9.17) is 14.2 Å². The van der Waals surface area contributed by atoms with Crippen molar-refractivity contribution in [3.63, 3.8) is 0 Å². The summed E-state index contributed by atoms with van der Waals surface area (Å²) in [6, 6.07) is 5.61. The Morgan fingerprint density at radius 3 is 3.04 bits per heavy atom. The standard InChI is InChI=1S/C19H28N2O3S/c1-22-17-8-14(9-18-19(17)24-13-23-18)10-21-12-15-4-3-6-20(15)11-16(21)5-7-25-2/h8-9,15-16H,3-7,10-13H2,1-2H3/t15-,16+/m0/s1. The highest BCUT2D eigenvalue weighted by Crippen LogP contribution is 2.42. The van der Waals surface area contributed by atoms with E-state index in [2.05, 4.69) is 28.2 Å². The number of hydrogen-bond donors (Lipinski definition) is 0. The van der Waals surface area contributed by atoms with Gasteiger partial charge in [0.1, 0.15) is 0 Å². The average Bonchev–Trinajstić information content (AvgIpc) is 3.27. The largest absolute Gasteiger partial charge is 0.493 e. The molecule has 4 rings (SSSR count). The first-order valence-electron chi connectivity index (χ1n) is 9.22. The van der Waals surface area contributed by atoms with Crippen molar-refractivity contribution in [2.75, 3.05) is 45.5 Å². The summed E-state index contributed by atoms with van der Waals surface area (Å²) in [5.74, 6) is 3.56. The van der Waals surface area contributed by atoms with E-state index in [-0.39, 0.29) is 6.79 Å². The highest BCUT2D eigenvalue weighted by atomic mass is 32.2. The van der Waals surface area contributed by atoms with Crippen LogP contribution in [0.4, 0.5) is 0 Å². The average molecular weight is 365 g/mol. The fourth-order valence-electron chi connectivity index (χ4n) is 4.38. The van der Waals surface area contributed by atoms with E-state index in [9.17, 15) is 0 Å². The molecule has 3 aliphatic rings. The van der Waals surface area contributed by atoms with Gasteiger partial charge in [0.2, 0.25) is 12.5 Å². The number of piperazine rings is 1. The molecule has 0 amide bonds. The second kappa shape index (κ2) is 7.64. The number of fused-ring (bicyclic) bond motifs is 2. The molecule has 0 N–H and O–H groups in total. The molecule has 2 fully saturated rings. The highest BCUT2D eigenvalue weighted by molar-refractivity contribution is 7.98. The molecular weight excluding hydrogens is 336 g/mol. The summed E-state index contributed by atoms with van der Waals surface area (Å²) < 4.78 is 16.6. The minimum atomic E-state index is 0.284. The van der Waals surface area contributed by atoms with Crippen LogP contribution in [0.1, 0.15) is 24.8 Å². The van der Waals surface area contributed by atoms with Crippen LogP contribution in [0, 0.1) is 0 Å². The van der Waals surface area contributed by atoms with Crippen molar-refractivity contribution in [1.82, 2.24) is 9.80 Å². The molecule has 0 radical (unpaired) electrons. The lowest BCUT2D eigenvalue weighted by molar-refractivity contribution is 0.0442. The molecule has 2 saturated heterocycles. The molecule has 0 aliphatic carbocycles. The normalized spacial score (nSPS) is 26.0. The van der Waals surface area contributed by atoms with Crippen molar-refractivity contribution in [1.29, 1.82) is 0 Å². The van der Waals surface area contributed by atoms with E-state index in [1.54, 1.807) is 7.11 Å². The van der Waals surface area contributed by atoms with Crippen molar-refractivity contribution in [2.24, 2.45) is 0 Å².